The minimum Gasteiger partial charge on any atom is -0.493 e. The zero-order valence-corrected chi connectivity index (χ0v) is 26.1. The van der Waals surface area contributed by atoms with E-state index in [9.17, 15) is 14.4 Å². The van der Waals surface area contributed by atoms with E-state index in [2.05, 4.69) is 4.90 Å². The van der Waals surface area contributed by atoms with Gasteiger partial charge in [0.25, 0.3) is 11.8 Å². The summed E-state index contributed by atoms with van der Waals surface area (Å²) in [7, 11) is 4.73. The molecule has 2 aromatic carbocycles. The minimum absolute atomic E-state index is 0.0316. The molecule has 0 spiro atoms. The number of benzene rings is 2. The Kier molecular flexibility index (Phi) is 9.09. The molecule has 0 aliphatic carbocycles. The minimum atomic E-state index is -0.677. The molecule has 0 bridgehead atoms. The second-order valence-electron chi connectivity index (χ2n) is 12.3. The zero-order valence-electron chi connectivity index (χ0n) is 26.1. The molecule has 2 saturated heterocycles. The van der Waals surface area contributed by atoms with Gasteiger partial charge < -0.3 is 28.9 Å². The molecule has 10 heteroatoms. The summed E-state index contributed by atoms with van der Waals surface area (Å²) in [4.78, 5) is 49.9. The van der Waals surface area contributed by atoms with Gasteiger partial charge in [-0.05, 0) is 69.3 Å². The smallest absolute Gasteiger partial charge is 0.264 e. The Hall–Kier alpha value is -3.63. The van der Waals surface area contributed by atoms with Crippen LogP contribution in [0, 0.1) is 5.92 Å². The molecule has 6 rings (SSSR count). The summed E-state index contributed by atoms with van der Waals surface area (Å²) in [6.07, 6.45) is 6.27. The Bertz CT molecular complexity index is 1400. The molecule has 0 saturated carbocycles. The van der Waals surface area contributed by atoms with Gasteiger partial charge in [-0.2, -0.15) is 0 Å². The number of ether oxygens (including phenoxy) is 3. The van der Waals surface area contributed by atoms with E-state index in [0.29, 0.717) is 59.0 Å². The number of nitrogens with zero attached hydrogens (tertiary/aromatic N) is 4. The number of hydrogen-bond donors (Lipinski definition) is 0. The van der Waals surface area contributed by atoms with Crippen molar-refractivity contribution >= 4 is 23.4 Å². The summed E-state index contributed by atoms with van der Waals surface area (Å²) in [5.74, 6) is 0.833. The van der Waals surface area contributed by atoms with Crippen molar-refractivity contribution in [3.8, 4) is 11.5 Å². The standard InChI is InChI=1S/C34H44N4O6/c1-42-21-9-19-36(22-23-10-8-18-35-17-7-6-12-26(23)35)29(39)16-20-37-32-25-14-15-28(43-2)31(44-3)30(25)34(41)38(32)27-13-5-4-11-24(27)33(37)40/h4-5,11,13-15,23,26,32H,6-10,12,16-22H2,1-3H3/t23-,26+,32+/m0/s1. The van der Waals surface area contributed by atoms with Crippen LogP contribution in [0.2, 0.25) is 0 Å². The lowest BCUT2D eigenvalue weighted by atomic mass is 9.83. The highest BCUT2D eigenvalue weighted by Gasteiger charge is 2.49. The maximum absolute atomic E-state index is 14.0. The number of hydrogen-bond acceptors (Lipinski definition) is 7. The Morgan fingerprint density at radius 2 is 1.77 bits per heavy atom. The number of piperidine rings is 2. The van der Waals surface area contributed by atoms with E-state index in [1.54, 1.807) is 41.2 Å². The fourth-order valence-corrected chi connectivity index (χ4v) is 7.82. The molecule has 10 nitrogen and oxygen atoms in total. The fraction of sp³-hybridized carbons (Fsp3) is 0.559. The maximum Gasteiger partial charge on any atom is 0.264 e. The number of methoxy groups -OCH3 is 3. The predicted octanol–water partition coefficient (Wildman–Crippen LogP) is 4.34. The monoisotopic (exact) mass is 604 g/mol. The Morgan fingerprint density at radius 3 is 2.57 bits per heavy atom. The molecule has 3 atom stereocenters. The van der Waals surface area contributed by atoms with Crippen molar-refractivity contribution in [3.05, 3.63) is 53.1 Å². The van der Waals surface area contributed by atoms with Crippen LogP contribution in [0.4, 0.5) is 5.69 Å². The largest absolute Gasteiger partial charge is 0.493 e. The van der Waals surface area contributed by atoms with Crippen molar-refractivity contribution in [2.24, 2.45) is 5.92 Å². The van der Waals surface area contributed by atoms with Gasteiger partial charge in [0.15, 0.2) is 11.5 Å². The van der Waals surface area contributed by atoms with E-state index in [4.69, 9.17) is 14.2 Å². The molecule has 0 N–H and O–H groups in total. The van der Waals surface area contributed by atoms with Crippen molar-refractivity contribution in [2.45, 2.75) is 57.2 Å². The molecule has 2 aromatic rings. The van der Waals surface area contributed by atoms with Crippen LogP contribution in [0.1, 0.15) is 77.4 Å². The molecule has 236 valence electrons. The van der Waals surface area contributed by atoms with E-state index < -0.39 is 6.17 Å². The average molecular weight is 605 g/mol. The number of amides is 3. The molecular formula is C34H44N4O6. The summed E-state index contributed by atoms with van der Waals surface area (Å²) >= 11 is 0. The highest BCUT2D eigenvalue weighted by atomic mass is 16.5. The molecule has 2 fully saturated rings. The van der Waals surface area contributed by atoms with Crippen molar-refractivity contribution in [3.63, 3.8) is 0 Å². The van der Waals surface area contributed by atoms with E-state index in [0.717, 1.165) is 32.5 Å². The van der Waals surface area contributed by atoms with Crippen molar-refractivity contribution in [1.29, 1.82) is 0 Å². The van der Waals surface area contributed by atoms with Crippen molar-refractivity contribution < 1.29 is 28.6 Å². The second kappa shape index (κ2) is 13.2. The number of carbonyl (C=O) groups is 3. The molecule has 0 aromatic heterocycles. The molecular weight excluding hydrogens is 560 g/mol. The third-order valence-corrected chi connectivity index (χ3v) is 9.86. The summed E-state index contributed by atoms with van der Waals surface area (Å²) in [6, 6.07) is 11.3. The van der Waals surface area contributed by atoms with Gasteiger partial charge in [0, 0.05) is 51.4 Å². The molecule has 44 heavy (non-hydrogen) atoms. The first-order valence-corrected chi connectivity index (χ1v) is 16.0. The van der Waals surface area contributed by atoms with Crippen LogP contribution in [-0.4, -0.2) is 99.1 Å². The fourth-order valence-electron chi connectivity index (χ4n) is 7.82. The van der Waals surface area contributed by atoms with E-state index in [1.807, 2.05) is 17.0 Å². The lowest BCUT2D eigenvalue weighted by molar-refractivity contribution is -0.133. The third-order valence-electron chi connectivity index (χ3n) is 9.86. The van der Waals surface area contributed by atoms with E-state index in [1.165, 1.54) is 39.9 Å². The van der Waals surface area contributed by atoms with Gasteiger partial charge in [0.2, 0.25) is 5.91 Å². The highest BCUT2D eigenvalue weighted by Crippen LogP contribution is 2.49. The summed E-state index contributed by atoms with van der Waals surface area (Å²) in [6.45, 7) is 4.45. The molecule has 4 aliphatic rings. The summed E-state index contributed by atoms with van der Waals surface area (Å²) in [5.41, 5.74) is 2.05. The number of rotatable bonds is 11. The van der Waals surface area contributed by atoms with Gasteiger partial charge in [0.1, 0.15) is 6.17 Å². The SMILES string of the molecule is COCCCN(C[C@@H]1CCCN2CCCC[C@H]12)C(=O)CCN1C(=O)c2ccccc2N2C(=O)c3c(ccc(OC)c3OC)[C@H]12. The van der Waals surface area contributed by atoms with E-state index in [-0.39, 0.29) is 30.7 Å². The normalized spacial score (nSPS) is 22.7. The second-order valence-corrected chi connectivity index (χ2v) is 12.3. The Labute approximate surface area is 259 Å². The molecule has 4 aliphatic heterocycles. The predicted molar refractivity (Wildman–Crippen MR) is 166 cm³/mol. The topological polar surface area (TPSA) is 91.9 Å². The van der Waals surface area contributed by atoms with Crippen molar-refractivity contribution in [1.82, 2.24) is 14.7 Å². The lowest BCUT2D eigenvalue weighted by Crippen LogP contribution is -2.52. The first-order valence-electron chi connectivity index (χ1n) is 16.0. The number of fused-ring (bicyclic) bond motifs is 6. The van der Waals surface area contributed by atoms with Crippen LogP contribution in [0.15, 0.2) is 36.4 Å². The molecule has 3 amide bonds. The highest BCUT2D eigenvalue weighted by molar-refractivity contribution is 6.18. The van der Waals surface area contributed by atoms with Crippen LogP contribution >= 0.6 is 0 Å². The van der Waals surface area contributed by atoms with Crippen LogP contribution in [0.25, 0.3) is 0 Å². The van der Waals surface area contributed by atoms with Gasteiger partial charge in [-0.1, -0.05) is 24.6 Å². The summed E-state index contributed by atoms with van der Waals surface area (Å²) in [5, 5.41) is 0. The summed E-state index contributed by atoms with van der Waals surface area (Å²) < 4.78 is 16.4. The molecule has 0 radical (unpaired) electrons. The van der Waals surface area contributed by atoms with Crippen LogP contribution < -0.4 is 14.4 Å². The first kappa shape index (κ1) is 30.4. The lowest BCUT2D eigenvalue weighted by Gasteiger charge is -2.46. The van der Waals surface area contributed by atoms with Crippen LogP contribution in [0.3, 0.4) is 0 Å². The average Bonchev–Trinajstić information content (AvgIpc) is 3.35. The van der Waals surface area contributed by atoms with Crippen LogP contribution in [-0.2, 0) is 9.53 Å². The van der Waals surface area contributed by atoms with Gasteiger partial charge in [-0.3, -0.25) is 19.3 Å². The quantitative estimate of drug-likeness (QED) is 0.353. The van der Waals surface area contributed by atoms with Crippen molar-refractivity contribution in [2.75, 3.05) is 65.6 Å². The first-order chi connectivity index (χ1) is 21.5. The van der Waals surface area contributed by atoms with Gasteiger partial charge in [-0.25, -0.2) is 0 Å². The van der Waals surface area contributed by atoms with E-state index >= 15 is 0 Å². The third kappa shape index (κ3) is 5.43. The number of carbonyl (C=O) groups excluding carboxylic acids is 3. The Balaban J connectivity index is 1.26. The molecule has 4 heterocycles. The van der Waals surface area contributed by atoms with Crippen LogP contribution in [0.5, 0.6) is 11.5 Å². The Morgan fingerprint density at radius 1 is 0.955 bits per heavy atom. The maximum atomic E-state index is 14.0. The number of para-hydroxylation sites is 1. The number of anilines is 1. The molecule has 0 unspecified atom stereocenters. The van der Waals surface area contributed by atoms with Gasteiger partial charge >= 0.3 is 0 Å². The zero-order chi connectivity index (χ0) is 30.8. The van der Waals surface area contributed by atoms with Gasteiger partial charge in [0.05, 0.1) is 31.0 Å². The van der Waals surface area contributed by atoms with Gasteiger partial charge in [-0.15, -0.1) is 0 Å².